The average Bonchev–Trinajstić information content (AvgIpc) is 3.16. The molecular weight excluding hydrogens is 332 g/mol. The van der Waals surface area contributed by atoms with E-state index in [1.165, 1.54) is 6.33 Å². The number of ketones is 1. The van der Waals surface area contributed by atoms with Gasteiger partial charge in [0.2, 0.25) is 0 Å². The summed E-state index contributed by atoms with van der Waals surface area (Å²) in [5, 5.41) is 0.868. The summed E-state index contributed by atoms with van der Waals surface area (Å²) >= 11 is 1.61. The lowest BCUT2D eigenvalue weighted by molar-refractivity contribution is 0.103. The number of carbonyl (C=O) groups is 1. The van der Waals surface area contributed by atoms with E-state index in [1.807, 2.05) is 54.6 Å². The number of hydrogen-bond donors (Lipinski definition) is 1. The number of aromatic amines is 1. The molecule has 5 nitrogen and oxygen atoms in total. The lowest BCUT2D eigenvalue weighted by Gasteiger charge is -2.04. The van der Waals surface area contributed by atoms with Gasteiger partial charge in [-0.15, -0.1) is 0 Å². The quantitative estimate of drug-likeness (QED) is 0.337. The minimum atomic E-state index is 0.0368. The zero-order valence-corrected chi connectivity index (χ0v) is 14.0. The fraction of sp³-hybridized carbons (Fsp3) is 0.0526. The van der Waals surface area contributed by atoms with E-state index in [-0.39, 0.29) is 5.78 Å². The van der Waals surface area contributed by atoms with Crippen LogP contribution < -0.4 is 0 Å². The molecule has 25 heavy (non-hydrogen) atoms. The van der Waals surface area contributed by atoms with Crippen molar-refractivity contribution in [3.05, 3.63) is 83.9 Å². The van der Waals surface area contributed by atoms with Crippen molar-refractivity contribution in [2.24, 2.45) is 0 Å². The molecule has 4 aromatic rings. The van der Waals surface area contributed by atoms with Crippen LogP contribution in [0.5, 0.6) is 0 Å². The van der Waals surface area contributed by atoms with E-state index < -0.39 is 0 Å². The average molecular weight is 346 g/mol. The molecule has 0 unspecified atom stereocenters. The summed E-state index contributed by atoms with van der Waals surface area (Å²) in [6.07, 6.45) is 3.14. The van der Waals surface area contributed by atoms with Crippen LogP contribution >= 0.6 is 11.8 Å². The number of nitrogens with zero attached hydrogens (tertiary/aromatic N) is 3. The van der Waals surface area contributed by atoms with Crippen LogP contribution in [0.2, 0.25) is 0 Å². The molecule has 122 valence electrons. The largest absolute Gasteiger partial charge is 0.341 e. The van der Waals surface area contributed by atoms with Gasteiger partial charge in [-0.1, -0.05) is 66.4 Å². The Morgan fingerprint density at radius 3 is 2.48 bits per heavy atom. The van der Waals surface area contributed by atoms with Crippen LogP contribution in [0.1, 0.15) is 21.5 Å². The summed E-state index contributed by atoms with van der Waals surface area (Å²) in [5.41, 5.74) is 4.04. The SMILES string of the molecule is O=C(c1ccccc1)c1ccc(CSc2ncnc3nc[nH]c23)cc1. The van der Waals surface area contributed by atoms with Crippen LogP contribution in [0.15, 0.2) is 72.3 Å². The highest BCUT2D eigenvalue weighted by Crippen LogP contribution is 2.25. The standard InChI is InChI=1S/C19H14N4OS/c24-17(14-4-2-1-3-5-14)15-8-6-13(7-9-15)10-25-19-16-18(21-11-20-16)22-12-23-19/h1-9,11-12H,10H2,(H,20,21,22,23). The van der Waals surface area contributed by atoms with Crippen LogP contribution in [0, 0.1) is 0 Å². The molecule has 0 fully saturated rings. The third-order valence-electron chi connectivity index (χ3n) is 3.82. The van der Waals surface area contributed by atoms with Crippen LogP contribution in [0.25, 0.3) is 11.2 Å². The summed E-state index contributed by atoms with van der Waals surface area (Å²) in [6.45, 7) is 0. The summed E-state index contributed by atoms with van der Waals surface area (Å²) in [5.74, 6) is 0.792. The number of thioether (sulfide) groups is 1. The summed E-state index contributed by atoms with van der Waals surface area (Å²) < 4.78 is 0. The lowest BCUT2D eigenvalue weighted by atomic mass is 10.0. The Hall–Kier alpha value is -2.99. The third-order valence-corrected chi connectivity index (χ3v) is 4.88. The van der Waals surface area contributed by atoms with Crippen molar-refractivity contribution in [3.8, 4) is 0 Å². The molecule has 2 aromatic carbocycles. The maximum absolute atomic E-state index is 12.4. The monoisotopic (exact) mass is 346 g/mol. The van der Waals surface area contributed by atoms with E-state index in [2.05, 4.69) is 19.9 Å². The van der Waals surface area contributed by atoms with Crippen LogP contribution in [-0.4, -0.2) is 25.7 Å². The predicted molar refractivity (Wildman–Crippen MR) is 97.6 cm³/mol. The second-order valence-electron chi connectivity index (χ2n) is 5.46. The van der Waals surface area contributed by atoms with E-state index in [9.17, 15) is 4.79 Å². The van der Waals surface area contributed by atoms with Gasteiger partial charge in [-0.2, -0.15) is 0 Å². The maximum Gasteiger partial charge on any atom is 0.193 e. The van der Waals surface area contributed by atoms with Crippen molar-refractivity contribution >= 4 is 28.7 Å². The van der Waals surface area contributed by atoms with Crippen LogP contribution in [-0.2, 0) is 5.75 Å². The molecule has 0 aliphatic carbocycles. The molecule has 0 aliphatic heterocycles. The fourth-order valence-corrected chi connectivity index (χ4v) is 3.42. The van der Waals surface area contributed by atoms with Gasteiger partial charge in [-0.25, -0.2) is 15.0 Å². The van der Waals surface area contributed by atoms with Crippen molar-refractivity contribution in [2.75, 3.05) is 0 Å². The first-order chi connectivity index (χ1) is 12.3. The number of aromatic nitrogens is 4. The van der Waals surface area contributed by atoms with Gasteiger partial charge < -0.3 is 4.98 Å². The topological polar surface area (TPSA) is 71.5 Å². The van der Waals surface area contributed by atoms with Gasteiger partial charge in [0, 0.05) is 16.9 Å². The van der Waals surface area contributed by atoms with Gasteiger partial charge in [0.05, 0.1) is 6.33 Å². The third kappa shape index (κ3) is 3.29. The molecule has 2 aromatic heterocycles. The minimum Gasteiger partial charge on any atom is -0.341 e. The second-order valence-corrected chi connectivity index (χ2v) is 6.42. The first-order valence-electron chi connectivity index (χ1n) is 7.77. The number of benzene rings is 2. The molecular formula is C19H14N4OS. The number of rotatable bonds is 5. The number of H-pyrrole nitrogens is 1. The molecule has 0 aliphatic rings. The zero-order chi connectivity index (χ0) is 17.1. The van der Waals surface area contributed by atoms with Crippen molar-refractivity contribution in [2.45, 2.75) is 10.8 Å². The van der Waals surface area contributed by atoms with Crippen LogP contribution in [0.4, 0.5) is 0 Å². The summed E-state index contributed by atoms with van der Waals surface area (Å²) in [7, 11) is 0. The minimum absolute atomic E-state index is 0.0368. The van der Waals surface area contributed by atoms with Gasteiger partial charge in [-0.3, -0.25) is 4.79 Å². The maximum atomic E-state index is 12.4. The van der Waals surface area contributed by atoms with E-state index in [0.717, 1.165) is 21.9 Å². The molecule has 0 radical (unpaired) electrons. The van der Waals surface area contributed by atoms with Gasteiger partial charge in [-0.05, 0) is 5.56 Å². The second kappa shape index (κ2) is 6.86. The molecule has 0 bridgehead atoms. The Balaban J connectivity index is 1.47. The molecule has 1 N–H and O–H groups in total. The highest BCUT2D eigenvalue weighted by atomic mass is 32.2. The Morgan fingerprint density at radius 1 is 0.920 bits per heavy atom. The van der Waals surface area contributed by atoms with Crippen LogP contribution in [0.3, 0.4) is 0 Å². The molecule has 0 atom stereocenters. The molecule has 2 heterocycles. The first-order valence-corrected chi connectivity index (χ1v) is 8.75. The van der Waals surface area contributed by atoms with E-state index >= 15 is 0 Å². The normalized spacial score (nSPS) is 10.9. The predicted octanol–water partition coefficient (Wildman–Crippen LogP) is 3.88. The molecule has 0 spiro atoms. The number of hydrogen-bond acceptors (Lipinski definition) is 5. The smallest absolute Gasteiger partial charge is 0.193 e. The Morgan fingerprint density at radius 2 is 1.68 bits per heavy atom. The Bertz CT molecular complexity index is 1010. The van der Waals surface area contributed by atoms with Gasteiger partial charge in [0.25, 0.3) is 0 Å². The molecule has 0 saturated heterocycles. The van der Waals surface area contributed by atoms with E-state index in [1.54, 1.807) is 18.1 Å². The lowest BCUT2D eigenvalue weighted by Crippen LogP contribution is -2.00. The highest BCUT2D eigenvalue weighted by Gasteiger charge is 2.09. The number of carbonyl (C=O) groups excluding carboxylic acids is 1. The van der Waals surface area contributed by atoms with Crippen molar-refractivity contribution < 1.29 is 4.79 Å². The Labute approximate surface area is 148 Å². The summed E-state index contributed by atoms with van der Waals surface area (Å²) in [6, 6.07) is 17.0. The first kappa shape index (κ1) is 15.5. The van der Waals surface area contributed by atoms with E-state index in [4.69, 9.17) is 0 Å². The van der Waals surface area contributed by atoms with Crippen molar-refractivity contribution in [1.29, 1.82) is 0 Å². The van der Waals surface area contributed by atoms with Gasteiger partial charge in [0.1, 0.15) is 16.9 Å². The Kier molecular flexibility index (Phi) is 4.26. The molecule has 0 saturated carbocycles. The molecule has 0 amide bonds. The molecule has 6 heteroatoms. The number of imidazole rings is 1. The zero-order valence-electron chi connectivity index (χ0n) is 13.2. The van der Waals surface area contributed by atoms with Gasteiger partial charge in [0.15, 0.2) is 11.4 Å². The van der Waals surface area contributed by atoms with Gasteiger partial charge >= 0.3 is 0 Å². The van der Waals surface area contributed by atoms with Crippen molar-refractivity contribution in [1.82, 2.24) is 19.9 Å². The summed E-state index contributed by atoms with van der Waals surface area (Å²) in [4.78, 5) is 28.0. The highest BCUT2D eigenvalue weighted by molar-refractivity contribution is 7.98. The molecule has 4 rings (SSSR count). The van der Waals surface area contributed by atoms with E-state index in [0.29, 0.717) is 16.8 Å². The number of fused-ring (bicyclic) bond motifs is 1. The van der Waals surface area contributed by atoms with Crippen molar-refractivity contribution in [3.63, 3.8) is 0 Å². The fourth-order valence-electron chi connectivity index (χ4n) is 2.51. The number of nitrogens with one attached hydrogen (secondary N) is 1.